The number of aryl methyl sites for hydroxylation is 1. The second kappa shape index (κ2) is 5.32. The fraction of sp³-hybridized carbons (Fsp3) is 0.0833. The SMILES string of the molecule is Cn1ccc(=S=NS(=O)(=O)c2ccccc2)cc1. The molecule has 2 aromatic rings. The predicted molar refractivity (Wildman–Crippen MR) is 72.1 cm³/mol. The van der Waals surface area contributed by atoms with E-state index in [1.54, 1.807) is 18.2 Å². The van der Waals surface area contributed by atoms with Crippen molar-refractivity contribution in [3.8, 4) is 0 Å². The number of benzene rings is 1. The van der Waals surface area contributed by atoms with Gasteiger partial charge in [0.15, 0.2) is 0 Å². The molecule has 0 saturated carbocycles. The number of hydrogen-bond donors (Lipinski definition) is 0. The van der Waals surface area contributed by atoms with Crippen molar-refractivity contribution in [2.75, 3.05) is 0 Å². The molecule has 0 saturated heterocycles. The lowest BCUT2D eigenvalue weighted by Crippen LogP contribution is -1.94. The van der Waals surface area contributed by atoms with Gasteiger partial charge in [0.25, 0.3) is 10.0 Å². The van der Waals surface area contributed by atoms with Crippen LogP contribution in [0.2, 0.25) is 0 Å². The van der Waals surface area contributed by atoms with E-state index in [2.05, 4.69) is 3.77 Å². The molecular weight excluding hydrogens is 268 g/mol. The van der Waals surface area contributed by atoms with E-state index in [1.165, 1.54) is 12.1 Å². The van der Waals surface area contributed by atoms with Gasteiger partial charge >= 0.3 is 0 Å². The molecule has 0 atom stereocenters. The van der Waals surface area contributed by atoms with Crippen molar-refractivity contribution in [1.29, 1.82) is 0 Å². The second-order valence-corrected chi connectivity index (χ2v) is 6.33. The zero-order valence-corrected chi connectivity index (χ0v) is 11.4. The first-order valence-electron chi connectivity index (χ1n) is 5.23. The van der Waals surface area contributed by atoms with Crippen LogP contribution in [0, 0.1) is 4.51 Å². The van der Waals surface area contributed by atoms with Crippen molar-refractivity contribution in [1.82, 2.24) is 4.57 Å². The third-order valence-electron chi connectivity index (χ3n) is 2.23. The number of hydrogen-bond acceptors (Lipinski definition) is 2. The van der Waals surface area contributed by atoms with Crippen molar-refractivity contribution in [3.05, 3.63) is 59.4 Å². The zero-order valence-electron chi connectivity index (χ0n) is 9.72. The van der Waals surface area contributed by atoms with Crippen LogP contribution in [0.25, 0.3) is 0 Å². The summed E-state index contributed by atoms with van der Waals surface area (Å²) >= 11 is 0.955. The summed E-state index contributed by atoms with van der Waals surface area (Å²) in [7, 11) is -1.69. The van der Waals surface area contributed by atoms with Crippen LogP contribution in [0.5, 0.6) is 0 Å². The summed E-state index contributed by atoms with van der Waals surface area (Å²) in [6.45, 7) is 0. The summed E-state index contributed by atoms with van der Waals surface area (Å²) < 4.78 is 30.1. The van der Waals surface area contributed by atoms with Gasteiger partial charge in [0.1, 0.15) is 0 Å². The van der Waals surface area contributed by atoms with Crippen LogP contribution in [0.3, 0.4) is 0 Å². The summed E-state index contributed by atoms with van der Waals surface area (Å²) in [6.07, 6.45) is 3.68. The molecule has 6 heteroatoms. The van der Waals surface area contributed by atoms with E-state index < -0.39 is 10.0 Å². The first kappa shape index (κ1) is 12.8. The number of pyridine rings is 1. The summed E-state index contributed by atoms with van der Waals surface area (Å²) in [5.41, 5.74) is 0. The van der Waals surface area contributed by atoms with Gasteiger partial charge in [0.2, 0.25) is 0 Å². The van der Waals surface area contributed by atoms with Crippen LogP contribution in [0.4, 0.5) is 0 Å². The highest BCUT2D eigenvalue weighted by Gasteiger charge is 2.09. The largest absolute Gasteiger partial charge is 0.357 e. The van der Waals surface area contributed by atoms with Gasteiger partial charge in [0.05, 0.1) is 4.90 Å². The van der Waals surface area contributed by atoms with Crippen LogP contribution >= 0.6 is 0 Å². The lowest BCUT2D eigenvalue weighted by atomic mass is 10.4. The Labute approximate surface area is 109 Å². The zero-order chi connectivity index (χ0) is 13.0. The molecule has 0 fully saturated rings. The maximum atomic E-state index is 11.9. The lowest BCUT2D eigenvalue weighted by Gasteiger charge is -1.95. The van der Waals surface area contributed by atoms with Crippen LogP contribution in [0.1, 0.15) is 0 Å². The van der Waals surface area contributed by atoms with Crippen LogP contribution in [0.15, 0.2) is 63.5 Å². The van der Waals surface area contributed by atoms with Crippen molar-refractivity contribution in [2.45, 2.75) is 4.90 Å². The molecule has 0 spiro atoms. The molecule has 1 aromatic heterocycles. The normalized spacial score (nSPS) is 10.9. The van der Waals surface area contributed by atoms with Crippen molar-refractivity contribution >= 4 is 21.2 Å². The van der Waals surface area contributed by atoms with Gasteiger partial charge < -0.3 is 4.57 Å². The highest BCUT2D eigenvalue weighted by Crippen LogP contribution is 2.10. The molecule has 0 unspecified atom stereocenters. The molecular formula is C12H12N2O2S2. The monoisotopic (exact) mass is 280 g/mol. The van der Waals surface area contributed by atoms with E-state index in [-0.39, 0.29) is 4.90 Å². The fourth-order valence-electron chi connectivity index (χ4n) is 1.28. The summed E-state index contributed by atoms with van der Waals surface area (Å²) in [6, 6.07) is 11.8. The molecule has 0 amide bonds. The molecule has 1 aromatic carbocycles. The Bertz CT molecular complexity index is 723. The van der Waals surface area contributed by atoms with Gasteiger partial charge in [-0.25, -0.2) is 0 Å². The first-order chi connectivity index (χ1) is 8.58. The molecule has 4 nitrogen and oxygen atoms in total. The average molecular weight is 280 g/mol. The number of sulfonamides is 1. The second-order valence-electron chi connectivity index (χ2n) is 3.65. The lowest BCUT2D eigenvalue weighted by molar-refractivity contribution is 0.598. The first-order valence-corrected chi connectivity index (χ1v) is 7.44. The molecule has 0 aliphatic rings. The van der Waals surface area contributed by atoms with Crippen molar-refractivity contribution in [3.63, 3.8) is 0 Å². The van der Waals surface area contributed by atoms with Gasteiger partial charge in [-0.15, -0.1) is 0 Å². The molecule has 94 valence electrons. The van der Waals surface area contributed by atoms with Crippen LogP contribution in [-0.2, 0) is 28.2 Å². The Morgan fingerprint density at radius 3 is 2.28 bits per heavy atom. The van der Waals surface area contributed by atoms with Crippen LogP contribution in [-0.4, -0.2) is 13.0 Å². The topological polar surface area (TPSA) is 51.4 Å². The molecule has 0 radical (unpaired) electrons. The Kier molecular flexibility index (Phi) is 3.78. The van der Waals surface area contributed by atoms with E-state index in [9.17, 15) is 8.42 Å². The van der Waals surface area contributed by atoms with Gasteiger partial charge in [-0.05, 0) is 35.4 Å². The Balaban J connectivity index is 2.46. The molecule has 0 aliphatic heterocycles. The van der Waals surface area contributed by atoms with E-state index in [1.807, 2.05) is 36.1 Å². The quantitative estimate of drug-likeness (QED) is 0.792. The molecule has 2 rings (SSSR count). The molecule has 0 bridgehead atoms. The van der Waals surface area contributed by atoms with E-state index in [4.69, 9.17) is 0 Å². The van der Waals surface area contributed by atoms with E-state index in [0.29, 0.717) is 0 Å². The molecule has 0 N–H and O–H groups in total. The van der Waals surface area contributed by atoms with Gasteiger partial charge in [0, 0.05) is 24.0 Å². The van der Waals surface area contributed by atoms with Crippen molar-refractivity contribution in [2.24, 2.45) is 10.8 Å². The molecule has 1 heterocycles. The predicted octanol–water partition coefficient (Wildman–Crippen LogP) is 2.21. The Hall–Kier alpha value is -1.66. The maximum absolute atomic E-state index is 11.9. The fourth-order valence-corrected chi connectivity index (χ4v) is 3.10. The minimum absolute atomic E-state index is 0.207. The number of aromatic nitrogens is 1. The number of rotatable bonds is 2. The highest BCUT2D eigenvalue weighted by molar-refractivity contribution is 7.93. The third kappa shape index (κ3) is 3.18. The maximum Gasteiger partial charge on any atom is 0.292 e. The standard InChI is InChI=1S/C12H12N2O2S2/c1-14-9-7-11(8-10-14)17-13-18(15,16)12-5-3-2-4-6-12/h2-10H,1H3. The van der Waals surface area contributed by atoms with E-state index in [0.717, 1.165) is 15.7 Å². The van der Waals surface area contributed by atoms with Gasteiger partial charge in [-0.1, -0.05) is 22.0 Å². The summed E-state index contributed by atoms with van der Waals surface area (Å²) in [4.78, 5) is 0.207. The third-order valence-corrected chi connectivity index (χ3v) is 4.66. The molecule has 18 heavy (non-hydrogen) atoms. The summed E-state index contributed by atoms with van der Waals surface area (Å²) in [5, 5.41) is 0. The van der Waals surface area contributed by atoms with E-state index >= 15 is 0 Å². The number of nitrogens with zero attached hydrogens (tertiary/aromatic N) is 2. The molecule has 0 aliphatic carbocycles. The highest BCUT2D eigenvalue weighted by atomic mass is 32.2. The van der Waals surface area contributed by atoms with Crippen LogP contribution < -0.4 is 0 Å². The van der Waals surface area contributed by atoms with Gasteiger partial charge in [-0.3, -0.25) is 0 Å². The minimum Gasteiger partial charge on any atom is -0.357 e. The Morgan fingerprint density at radius 2 is 1.67 bits per heavy atom. The average Bonchev–Trinajstić information content (AvgIpc) is 2.39. The summed E-state index contributed by atoms with van der Waals surface area (Å²) in [5.74, 6) is 0. The smallest absolute Gasteiger partial charge is 0.292 e. The van der Waals surface area contributed by atoms with Crippen molar-refractivity contribution < 1.29 is 8.42 Å². The van der Waals surface area contributed by atoms with Gasteiger partial charge in [-0.2, -0.15) is 8.42 Å². The Morgan fingerprint density at radius 1 is 1.06 bits per heavy atom. The minimum atomic E-state index is -3.59.